The van der Waals surface area contributed by atoms with E-state index in [0.717, 1.165) is 32.5 Å². The van der Waals surface area contributed by atoms with Gasteiger partial charge in [0, 0.05) is 19.5 Å². The molecule has 1 N–H and O–H groups in total. The van der Waals surface area contributed by atoms with Gasteiger partial charge in [0.05, 0.1) is 12.7 Å². The fourth-order valence-electron chi connectivity index (χ4n) is 2.38. The van der Waals surface area contributed by atoms with Gasteiger partial charge in [-0.2, -0.15) is 0 Å². The Morgan fingerprint density at radius 2 is 2.15 bits per heavy atom. The number of hydrogen-bond donors (Lipinski definition) is 1. The van der Waals surface area contributed by atoms with Crippen molar-refractivity contribution in [2.45, 2.75) is 32.0 Å². The van der Waals surface area contributed by atoms with E-state index in [1.165, 1.54) is 5.56 Å². The molecule has 1 saturated heterocycles. The summed E-state index contributed by atoms with van der Waals surface area (Å²) >= 11 is 0. The third kappa shape index (κ3) is 6.11. The van der Waals surface area contributed by atoms with Gasteiger partial charge in [0.25, 0.3) is 0 Å². The summed E-state index contributed by atoms with van der Waals surface area (Å²) in [7, 11) is 0. The van der Waals surface area contributed by atoms with Crippen molar-refractivity contribution in [2.24, 2.45) is 0 Å². The molecule has 1 aromatic rings. The minimum atomic E-state index is -0.712. The minimum absolute atomic E-state index is 0. The van der Waals surface area contributed by atoms with Crippen molar-refractivity contribution >= 4 is 5.97 Å². The van der Waals surface area contributed by atoms with Crippen LogP contribution in [0, 0.1) is 0 Å². The first-order chi connectivity index (χ1) is 9.24. The molecule has 4 nitrogen and oxygen atoms in total. The summed E-state index contributed by atoms with van der Waals surface area (Å²) in [6.07, 6.45) is 2.30. The first kappa shape index (κ1) is 17.3. The standard InChI is InChI=1S/C15H21NO3.Li.H/c17-15(18)7-4-9-16-10-8-14(11-16)19-12-13-5-2-1-3-6-13;;/h1-3,5-6,14H,4,7-12H2,(H,17,18);;/q;+1;-1. The maximum atomic E-state index is 10.5. The Balaban J connectivity index is 0.00000200. The summed E-state index contributed by atoms with van der Waals surface area (Å²) in [6, 6.07) is 10.2. The van der Waals surface area contributed by atoms with Crippen molar-refractivity contribution in [1.82, 2.24) is 4.90 Å². The van der Waals surface area contributed by atoms with E-state index in [0.29, 0.717) is 6.61 Å². The van der Waals surface area contributed by atoms with Crippen LogP contribution in [0.1, 0.15) is 26.3 Å². The Labute approximate surface area is 133 Å². The molecule has 1 heterocycles. The van der Waals surface area contributed by atoms with Crippen LogP contribution in [-0.4, -0.2) is 41.7 Å². The van der Waals surface area contributed by atoms with Crippen molar-refractivity contribution in [3.05, 3.63) is 35.9 Å². The summed E-state index contributed by atoms with van der Waals surface area (Å²) in [4.78, 5) is 12.7. The molecular weight excluding hydrogens is 249 g/mol. The van der Waals surface area contributed by atoms with Gasteiger partial charge < -0.3 is 16.2 Å². The Bertz CT molecular complexity index is 405. The fraction of sp³-hybridized carbons (Fsp3) is 0.533. The Hall–Kier alpha value is -0.793. The molecule has 0 aliphatic carbocycles. The molecule has 106 valence electrons. The number of carboxylic acid groups (broad SMARTS) is 1. The van der Waals surface area contributed by atoms with E-state index in [1.54, 1.807) is 0 Å². The maximum absolute atomic E-state index is 10.5. The zero-order valence-corrected chi connectivity index (χ0v) is 12.1. The average molecular weight is 271 g/mol. The third-order valence-electron chi connectivity index (χ3n) is 3.42. The maximum Gasteiger partial charge on any atom is 1.00 e. The van der Waals surface area contributed by atoms with Crippen LogP contribution in [0.2, 0.25) is 0 Å². The van der Waals surface area contributed by atoms with Crippen LogP contribution in [0.3, 0.4) is 0 Å². The van der Waals surface area contributed by atoms with Crippen LogP contribution in [-0.2, 0) is 16.1 Å². The molecule has 1 unspecified atom stereocenters. The van der Waals surface area contributed by atoms with E-state index >= 15 is 0 Å². The molecule has 0 saturated carbocycles. The van der Waals surface area contributed by atoms with Gasteiger partial charge in [0.1, 0.15) is 0 Å². The summed E-state index contributed by atoms with van der Waals surface area (Å²) in [5, 5.41) is 8.61. The van der Waals surface area contributed by atoms with Crippen molar-refractivity contribution in [3.8, 4) is 0 Å². The van der Waals surface area contributed by atoms with Gasteiger partial charge in [0.2, 0.25) is 0 Å². The van der Waals surface area contributed by atoms with Gasteiger partial charge in [-0.3, -0.25) is 4.79 Å². The largest absolute Gasteiger partial charge is 1.00 e. The molecule has 20 heavy (non-hydrogen) atoms. The first-order valence-corrected chi connectivity index (χ1v) is 6.84. The SMILES string of the molecule is O=C(O)CCCN1CCC(OCc2ccccc2)C1.[H-].[Li+]. The number of ether oxygens (including phenoxy) is 1. The van der Waals surface area contributed by atoms with Crippen LogP contribution in [0.5, 0.6) is 0 Å². The summed E-state index contributed by atoms with van der Waals surface area (Å²) in [6.45, 7) is 3.46. The topological polar surface area (TPSA) is 49.8 Å². The Morgan fingerprint density at radius 3 is 2.85 bits per heavy atom. The van der Waals surface area contributed by atoms with Gasteiger partial charge in [0.15, 0.2) is 0 Å². The molecular formula is C15H22LiNO3. The number of rotatable bonds is 7. The summed E-state index contributed by atoms with van der Waals surface area (Å²) < 4.78 is 5.89. The molecule has 1 aliphatic heterocycles. The number of aliphatic carboxylic acids is 1. The molecule has 0 amide bonds. The van der Waals surface area contributed by atoms with E-state index in [1.807, 2.05) is 18.2 Å². The zero-order valence-electron chi connectivity index (χ0n) is 13.1. The number of carbonyl (C=O) groups is 1. The van der Waals surface area contributed by atoms with E-state index in [4.69, 9.17) is 9.84 Å². The van der Waals surface area contributed by atoms with Crippen LogP contribution in [0.4, 0.5) is 0 Å². The molecule has 1 fully saturated rings. The van der Waals surface area contributed by atoms with Crippen molar-refractivity contribution < 1.29 is 34.9 Å². The zero-order chi connectivity index (χ0) is 13.5. The molecule has 0 aromatic heterocycles. The third-order valence-corrected chi connectivity index (χ3v) is 3.42. The molecule has 1 aliphatic rings. The number of likely N-dealkylation sites (tertiary alicyclic amines) is 1. The van der Waals surface area contributed by atoms with Crippen LogP contribution in [0.25, 0.3) is 0 Å². The number of benzene rings is 1. The van der Waals surface area contributed by atoms with Gasteiger partial charge in [-0.05, 0) is 24.9 Å². The second-order valence-corrected chi connectivity index (χ2v) is 5.01. The van der Waals surface area contributed by atoms with Crippen molar-refractivity contribution in [2.75, 3.05) is 19.6 Å². The second-order valence-electron chi connectivity index (χ2n) is 5.01. The minimum Gasteiger partial charge on any atom is -1.00 e. The fourth-order valence-corrected chi connectivity index (χ4v) is 2.38. The van der Waals surface area contributed by atoms with Gasteiger partial charge >= 0.3 is 24.8 Å². The average Bonchev–Trinajstić information content (AvgIpc) is 2.85. The number of hydrogen-bond acceptors (Lipinski definition) is 3. The van der Waals surface area contributed by atoms with Crippen LogP contribution < -0.4 is 18.9 Å². The monoisotopic (exact) mass is 271 g/mol. The van der Waals surface area contributed by atoms with Gasteiger partial charge in [-0.1, -0.05) is 30.3 Å². The molecule has 2 rings (SSSR count). The molecule has 1 atom stereocenters. The number of carboxylic acids is 1. The quantitative estimate of drug-likeness (QED) is 0.664. The molecule has 0 spiro atoms. The van der Waals surface area contributed by atoms with Crippen LogP contribution >= 0.6 is 0 Å². The predicted octanol–water partition coefficient (Wildman–Crippen LogP) is -0.741. The van der Waals surface area contributed by atoms with Crippen LogP contribution in [0.15, 0.2) is 30.3 Å². The summed E-state index contributed by atoms with van der Waals surface area (Å²) in [5.74, 6) is -0.712. The number of nitrogens with zero attached hydrogens (tertiary/aromatic N) is 1. The molecule has 0 radical (unpaired) electrons. The van der Waals surface area contributed by atoms with E-state index in [-0.39, 0.29) is 32.8 Å². The molecule has 1 aromatic carbocycles. The van der Waals surface area contributed by atoms with Crippen molar-refractivity contribution in [1.29, 1.82) is 0 Å². The van der Waals surface area contributed by atoms with Crippen molar-refractivity contribution in [3.63, 3.8) is 0 Å². The van der Waals surface area contributed by atoms with E-state index in [2.05, 4.69) is 17.0 Å². The second kappa shape index (κ2) is 9.20. The Morgan fingerprint density at radius 1 is 1.40 bits per heavy atom. The van der Waals surface area contributed by atoms with E-state index in [9.17, 15) is 4.79 Å². The first-order valence-electron chi connectivity index (χ1n) is 6.84. The smallest absolute Gasteiger partial charge is 1.00 e. The van der Waals surface area contributed by atoms with E-state index < -0.39 is 5.97 Å². The summed E-state index contributed by atoms with van der Waals surface area (Å²) in [5.41, 5.74) is 1.20. The molecule has 5 heteroatoms. The normalized spacial score (nSPS) is 18.7. The van der Waals surface area contributed by atoms with Gasteiger partial charge in [-0.15, -0.1) is 0 Å². The van der Waals surface area contributed by atoms with Gasteiger partial charge in [-0.25, -0.2) is 0 Å². The predicted molar refractivity (Wildman–Crippen MR) is 74.1 cm³/mol. The Kier molecular flexibility index (Phi) is 7.94. The molecule has 0 bridgehead atoms.